The summed E-state index contributed by atoms with van der Waals surface area (Å²) >= 11 is 0. The van der Waals surface area contributed by atoms with Gasteiger partial charge < -0.3 is 22.6 Å². The molecule has 22 heavy (non-hydrogen) atoms. The van der Waals surface area contributed by atoms with E-state index in [-0.39, 0.29) is 47.1 Å². The first kappa shape index (κ1) is 23.6. The summed E-state index contributed by atoms with van der Waals surface area (Å²) in [6.45, 7) is 1.92. The Morgan fingerprint density at radius 1 is 1.00 bits per heavy atom. The fourth-order valence-electron chi connectivity index (χ4n) is 3.51. The predicted molar refractivity (Wildman–Crippen MR) is 77.2 cm³/mol. The number of carbonyl (C=O) groups is 2. The van der Waals surface area contributed by atoms with E-state index in [0.29, 0.717) is 0 Å². The van der Waals surface area contributed by atoms with Crippen molar-refractivity contribution in [1.82, 2.24) is 0 Å². The molecule has 2 N–H and O–H groups in total. The van der Waals surface area contributed by atoms with Crippen LogP contribution in [0.1, 0.15) is 51.9 Å². The molecule has 0 saturated carbocycles. The van der Waals surface area contributed by atoms with Crippen molar-refractivity contribution < 1.29 is 53.9 Å². The Kier molecular flexibility index (Phi) is 13.7. The summed E-state index contributed by atoms with van der Waals surface area (Å²) < 4.78 is 0. The SMILES string of the molecule is CC1C2=C(CCC[CH-]2)C2=C1CCCC2.O=CO.O=CO.[Cl-].[Ti]. The smallest absolute Gasteiger partial charge is 0.290 e. The molecule has 0 bridgehead atoms. The van der Waals surface area contributed by atoms with Gasteiger partial charge in [-0.05, 0) is 25.2 Å². The summed E-state index contributed by atoms with van der Waals surface area (Å²) in [7, 11) is 0. The van der Waals surface area contributed by atoms with E-state index < -0.39 is 0 Å². The molecule has 0 fully saturated rings. The first-order valence-corrected chi connectivity index (χ1v) is 7.15. The first-order chi connectivity index (χ1) is 9.71. The minimum atomic E-state index is -0.250. The Balaban J connectivity index is 0. The zero-order valence-corrected chi connectivity index (χ0v) is 15.2. The van der Waals surface area contributed by atoms with E-state index in [9.17, 15) is 0 Å². The minimum Gasteiger partial charge on any atom is -1.00 e. The van der Waals surface area contributed by atoms with Gasteiger partial charge in [0.15, 0.2) is 0 Å². The summed E-state index contributed by atoms with van der Waals surface area (Å²) in [6, 6.07) is 0. The number of hydrogen-bond donors (Lipinski definition) is 2. The third kappa shape index (κ3) is 5.83. The van der Waals surface area contributed by atoms with Crippen LogP contribution in [0.5, 0.6) is 0 Å². The van der Waals surface area contributed by atoms with E-state index in [0.717, 1.165) is 5.92 Å². The molecule has 124 valence electrons. The van der Waals surface area contributed by atoms with Crippen LogP contribution in [0.2, 0.25) is 0 Å². The van der Waals surface area contributed by atoms with Crippen LogP contribution in [-0.4, -0.2) is 23.2 Å². The summed E-state index contributed by atoms with van der Waals surface area (Å²) in [5.41, 5.74) is 7.07. The van der Waals surface area contributed by atoms with Crippen LogP contribution < -0.4 is 12.4 Å². The Labute approximate surface area is 153 Å². The van der Waals surface area contributed by atoms with Crippen molar-refractivity contribution in [2.45, 2.75) is 51.9 Å². The molecule has 0 aromatic rings. The van der Waals surface area contributed by atoms with Crippen LogP contribution in [0.4, 0.5) is 0 Å². The van der Waals surface area contributed by atoms with Crippen molar-refractivity contribution in [1.29, 1.82) is 0 Å². The normalized spacial score (nSPS) is 21.0. The molecule has 0 aromatic heterocycles. The molecule has 0 amide bonds. The molecule has 3 rings (SSSR count). The zero-order chi connectivity index (χ0) is 15.0. The van der Waals surface area contributed by atoms with Crippen molar-refractivity contribution in [3.63, 3.8) is 0 Å². The van der Waals surface area contributed by atoms with Crippen LogP contribution >= 0.6 is 0 Å². The molecule has 3 aliphatic carbocycles. The van der Waals surface area contributed by atoms with E-state index in [1.165, 1.54) is 44.9 Å². The van der Waals surface area contributed by atoms with Gasteiger partial charge in [-0.25, -0.2) is 12.0 Å². The summed E-state index contributed by atoms with van der Waals surface area (Å²) in [6.07, 6.45) is 12.2. The molecular weight excluding hydrogens is 339 g/mol. The van der Waals surface area contributed by atoms with E-state index in [1.807, 2.05) is 0 Å². The summed E-state index contributed by atoms with van der Waals surface area (Å²) in [5.74, 6) is 0.778. The largest absolute Gasteiger partial charge is 1.00 e. The maximum absolute atomic E-state index is 8.36. The fourth-order valence-corrected chi connectivity index (χ4v) is 3.51. The van der Waals surface area contributed by atoms with Gasteiger partial charge in [0.2, 0.25) is 0 Å². The Hall–Kier alpha value is -0.706. The van der Waals surface area contributed by atoms with Gasteiger partial charge in [-0.15, -0.1) is 12.0 Å². The molecule has 0 aromatic carbocycles. The second-order valence-electron chi connectivity index (χ2n) is 5.17. The fraction of sp³-hybridized carbons (Fsp3) is 0.562. The first-order valence-electron chi connectivity index (χ1n) is 7.15. The van der Waals surface area contributed by atoms with Gasteiger partial charge in [-0.2, -0.15) is 5.57 Å². The van der Waals surface area contributed by atoms with Crippen molar-refractivity contribution >= 4 is 12.9 Å². The van der Waals surface area contributed by atoms with Gasteiger partial charge in [0, 0.05) is 21.7 Å². The number of rotatable bonds is 0. The molecule has 4 nitrogen and oxygen atoms in total. The number of allylic oxidation sites excluding steroid dienone is 4. The summed E-state index contributed by atoms with van der Waals surface area (Å²) in [4.78, 5) is 16.7. The van der Waals surface area contributed by atoms with Crippen molar-refractivity contribution in [2.75, 3.05) is 0 Å². The molecule has 0 aliphatic heterocycles. The number of fused-ring (bicyclic) bond motifs is 1. The zero-order valence-electron chi connectivity index (χ0n) is 12.8. The average molecular weight is 363 g/mol. The van der Waals surface area contributed by atoms with Gasteiger partial charge in [-0.1, -0.05) is 31.8 Å². The molecule has 0 heterocycles. The van der Waals surface area contributed by atoms with Gasteiger partial charge in [0.1, 0.15) is 0 Å². The summed E-state index contributed by atoms with van der Waals surface area (Å²) in [5, 5.41) is 13.8. The monoisotopic (exact) mass is 362 g/mol. The molecule has 1 atom stereocenters. The van der Waals surface area contributed by atoms with Crippen LogP contribution in [0, 0.1) is 12.3 Å². The van der Waals surface area contributed by atoms with Crippen molar-refractivity contribution in [2.24, 2.45) is 5.92 Å². The Bertz CT molecular complexity index is 380. The quantitative estimate of drug-likeness (QED) is 0.376. The third-order valence-corrected chi connectivity index (χ3v) is 4.21. The van der Waals surface area contributed by atoms with Gasteiger partial charge in [0.25, 0.3) is 12.9 Å². The van der Waals surface area contributed by atoms with Gasteiger partial charge in [-0.3, -0.25) is 9.59 Å². The molecular formula is C16H23ClO4Ti-2. The van der Waals surface area contributed by atoms with Gasteiger partial charge >= 0.3 is 0 Å². The van der Waals surface area contributed by atoms with Crippen molar-refractivity contribution in [3.05, 3.63) is 28.7 Å². The predicted octanol–water partition coefficient (Wildman–Crippen LogP) is 0.595. The average Bonchev–Trinajstić information content (AvgIpc) is 2.76. The van der Waals surface area contributed by atoms with Crippen molar-refractivity contribution in [3.8, 4) is 0 Å². The number of carboxylic acid groups (broad SMARTS) is 2. The van der Waals surface area contributed by atoms with Crippen LogP contribution in [-0.2, 0) is 31.3 Å². The molecule has 0 saturated heterocycles. The molecule has 1 unspecified atom stereocenters. The molecule has 6 heteroatoms. The van der Waals surface area contributed by atoms with Gasteiger partial charge in [0.05, 0.1) is 0 Å². The van der Waals surface area contributed by atoms with E-state index in [4.69, 9.17) is 19.8 Å². The second-order valence-corrected chi connectivity index (χ2v) is 5.17. The number of halogens is 1. The topological polar surface area (TPSA) is 74.6 Å². The third-order valence-electron chi connectivity index (χ3n) is 4.21. The molecule has 0 spiro atoms. The van der Waals surface area contributed by atoms with Crippen LogP contribution in [0.25, 0.3) is 0 Å². The Morgan fingerprint density at radius 3 is 2.09 bits per heavy atom. The van der Waals surface area contributed by atoms with E-state index in [1.54, 1.807) is 22.3 Å². The van der Waals surface area contributed by atoms with E-state index >= 15 is 0 Å². The maximum Gasteiger partial charge on any atom is 0.290 e. The molecule has 0 radical (unpaired) electrons. The molecule has 3 aliphatic rings. The van der Waals surface area contributed by atoms with E-state index in [2.05, 4.69) is 13.3 Å². The van der Waals surface area contributed by atoms with Crippen LogP contribution in [0.3, 0.4) is 0 Å². The Morgan fingerprint density at radius 2 is 1.50 bits per heavy atom. The second kappa shape index (κ2) is 12.8. The standard InChI is InChI=1S/C14H19.2CH2O2.ClH.Ti/c1-10-11-6-2-4-8-13(11)14-9-5-3-7-12(10)14;2*2-1-3;;/h6,10H,2-5,7-9H2,1H3;2*1H,(H,2,3);1H;/q-1;;;;/p-1. The van der Waals surface area contributed by atoms with Crippen LogP contribution in [0.15, 0.2) is 22.3 Å². The maximum atomic E-state index is 8.36. The minimum absolute atomic E-state index is 0. The number of hydrogen-bond acceptors (Lipinski definition) is 2.